The summed E-state index contributed by atoms with van der Waals surface area (Å²) in [6, 6.07) is 15.1. The van der Waals surface area contributed by atoms with Crippen LogP contribution in [0, 0.1) is 5.41 Å². The van der Waals surface area contributed by atoms with Gasteiger partial charge in [0.15, 0.2) is 0 Å². The monoisotopic (exact) mass is 252 g/mol. The highest BCUT2D eigenvalue weighted by molar-refractivity contribution is 5.30. The molecule has 0 saturated heterocycles. The molecule has 1 N–H and O–H groups in total. The molecule has 1 atom stereocenters. The molecule has 1 heterocycles. The van der Waals surface area contributed by atoms with Crippen LogP contribution in [0.5, 0.6) is 0 Å². The van der Waals surface area contributed by atoms with E-state index in [0.29, 0.717) is 5.41 Å². The zero-order chi connectivity index (χ0) is 13.1. The number of benzene rings is 1. The minimum atomic E-state index is 0.265. The van der Waals surface area contributed by atoms with Crippen molar-refractivity contribution in [3.63, 3.8) is 0 Å². The fourth-order valence-corrected chi connectivity index (χ4v) is 2.37. The molecule has 2 aromatic rings. The summed E-state index contributed by atoms with van der Waals surface area (Å²) in [7, 11) is 0. The van der Waals surface area contributed by atoms with Gasteiger partial charge in [0, 0.05) is 18.9 Å². The minimum absolute atomic E-state index is 0.265. The van der Waals surface area contributed by atoms with Gasteiger partial charge in [-0.3, -0.25) is 4.98 Å². The van der Waals surface area contributed by atoms with Crippen molar-refractivity contribution in [2.75, 3.05) is 6.54 Å². The molecule has 0 bridgehead atoms. The summed E-state index contributed by atoms with van der Waals surface area (Å²) < 4.78 is 0. The number of rotatable bonds is 5. The molecule has 98 valence electrons. The van der Waals surface area contributed by atoms with Crippen molar-refractivity contribution in [3.8, 4) is 0 Å². The molecular formula is C17H20N2. The van der Waals surface area contributed by atoms with Crippen LogP contribution in [0.4, 0.5) is 0 Å². The summed E-state index contributed by atoms with van der Waals surface area (Å²) in [6.45, 7) is 3.43. The average molecular weight is 252 g/mol. The first-order chi connectivity index (χ1) is 9.27. The van der Waals surface area contributed by atoms with Gasteiger partial charge in [0.1, 0.15) is 0 Å². The third-order valence-electron chi connectivity index (χ3n) is 4.01. The van der Waals surface area contributed by atoms with E-state index in [1.54, 1.807) is 0 Å². The van der Waals surface area contributed by atoms with Crippen LogP contribution in [0.15, 0.2) is 54.9 Å². The van der Waals surface area contributed by atoms with Crippen LogP contribution >= 0.6 is 0 Å². The van der Waals surface area contributed by atoms with Crippen molar-refractivity contribution < 1.29 is 0 Å². The Labute approximate surface area is 114 Å². The third kappa shape index (κ3) is 3.02. The van der Waals surface area contributed by atoms with Gasteiger partial charge in [-0.2, -0.15) is 0 Å². The Morgan fingerprint density at radius 3 is 2.32 bits per heavy atom. The third-order valence-corrected chi connectivity index (χ3v) is 4.01. The molecule has 1 unspecified atom stereocenters. The average Bonchev–Trinajstić information content (AvgIpc) is 3.20. The SMILES string of the molecule is CC1(CNC(c2ccccc2)c2ccncc2)CC1. The zero-order valence-corrected chi connectivity index (χ0v) is 11.3. The van der Waals surface area contributed by atoms with Crippen LogP contribution in [0.3, 0.4) is 0 Å². The fraction of sp³-hybridized carbons (Fsp3) is 0.353. The van der Waals surface area contributed by atoms with E-state index in [2.05, 4.69) is 59.7 Å². The molecule has 2 nitrogen and oxygen atoms in total. The quantitative estimate of drug-likeness (QED) is 0.880. The van der Waals surface area contributed by atoms with Crippen LogP contribution < -0.4 is 5.32 Å². The number of hydrogen-bond acceptors (Lipinski definition) is 2. The zero-order valence-electron chi connectivity index (χ0n) is 11.3. The van der Waals surface area contributed by atoms with E-state index < -0.39 is 0 Å². The van der Waals surface area contributed by atoms with Gasteiger partial charge in [-0.15, -0.1) is 0 Å². The first-order valence-corrected chi connectivity index (χ1v) is 6.95. The molecule has 3 rings (SSSR count). The first kappa shape index (κ1) is 12.4. The molecule has 2 heteroatoms. The Kier molecular flexibility index (Phi) is 3.34. The Balaban J connectivity index is 1.83. The maximum Gasteiger partial charge on any atom is 0.0578 e. The lowest BCUT2D eigenvalue weighted by atomic mass is 9.98. The highest BCUT2D eigenvalue weighted by Gasteiger charge is 2.37. The minimum Gasteiger partial charge on any atom is -0.306 e. The van der Waals surface area contributed by atoms with E-state index in [4.69, 9.17) is 0 Å². The number of nitrogens with zero attached hydrogens (tertiary/aromatic N) is 1. The second-order valence-corrected chi connectivity index (χ2v) is 5.82. The van der Waals surface area contributed by atoms with Gasteiger partial charge < -0.3 is 5.32 Å². The number of nitrogens with one attached hydrogen (secondary N) is 1. The predicted octanol–water partition coefficient (Wildman–Crippen LogP) is 3.56. The number of aromatic nitrogens is 1. The van der Waals surface area contributed by atoms with E-state index in [1.165, 1.54) is 24.0 Å². The molecule has 19 heavy (non-hydrogen) atoms. The van der Waals surface area contributed by atoms with Gasteiger partial charge in [-0.1, -0.05) is 37.3 Å². The van der Waals surface area contributed by atoms with Gasteiger partial charge in [0.05, 0.1) is 6.04 Å². The molecule has 1 aliphatic carbocycles. The van der Waals surface area contributed by atoms with Crippen LogP contribution in [-0.4, -0.2) is 11.5 Å². The second kappa shape index (κ2) is 5.14. The van der Waals surface area contributed by atoms with E-state index in [-0.39, 0.29) is 6.04 Å². The summed E-state index contributed by atoms with van der Waals surface area (Å²) in [5, 5.41) is 3.73. The summed E-state index contributed by atoms with van der Waals surface area (Å²) in [4.78, 5) is 4.11. The summed E-state index contributed by atoms with van der Waals surface area (Å²) in [5.41, 5.74) is 3.11. The van der Waals surface area contributed by atoms with Crippen molar-refractivity contribution in [1.29, 1.82) is 0 Å². The van der Waals surface area contributed by atoms with E-state index in [1.807, 2.05) is 12.4 Å². The van der Waals surface area contributed by atoms with E-state index in [0.717, 1.165) is 6.54 Å². The molecule has 0 amide bonds. The molecule has 0 radical (unpaired) electrons. The van der Waals surface area contributed by atoms with Gasteiger partial charge in [0.2, 0.25) is 0 Å². The van der Waals surface area contributed by atoms with Crippen molar-refractivity contribution >= 4 is 0 Å². The van der Waals surface area contributed by atoms with Gasteiger partial charge >= 0.3 is 0 Å². The smallest absolute Gasteiger partial charge is 0.0578 e. The van der Waals surface area contributed by atoms with Gasteiger partial charge in [0.25, 0.3) is 0 Å². The lowest BCUT2D eigenvalue weighted by Crippen LogP contribution is -2.27. The van der Waals surface area contributed by atoms with E-state index in [9.17, 15) is 0 Å². The molecule has 1 aromatic heterocycles. The second-order valence-electron chi connectivity index (χ2n) is 5.82. The van der Waals surface area contributed by atoms with Crippen LogP contribution in [0.2, 0.25) is 0 Å². The van der Waals surface area contributed by atoms with E-state index >= 15 is 0 Å². The molecule has 1 aliphatic rings. The molecule has 0 aliphatic heterocycles. The highest BCUT2D eigenvalue weighted by atomic mass is 14.9. The van der Waals surface area contributed by atoms with Gasteiger partial charge in [-0.05, 0) is 41.5 Å². The Hall–Kier alpha value is -1.67. The standard InChI is InChI=1S/C17H20N2/c1-17(9-10-17)13-19-16(14-5-3-2-4-6-14)15-7-11-18-12-8-15/h2-8,11-12,16,19H,9-10,13H2,1H3. The molecule has 0 spiro atoms. The van der Waals surface area contributed by atoms with Crippen molar-refractivity contribution in [3.05, 3.63) is 66.0 Å². The largest absolute Gasteiger partial charge is 0.306 e. The van der Waals surface area contributed by atoms with Crippen molar-refractivity contribution in [2.24, 2.45) is 5.41 Å². The molecular weight excluding hydrogens is 232 g/mol. The number of hydrogen-bond donors (Lipinski definition) is 1. The lowest BCUT2D eigenvalue weighted by molar-refractivity contribution is 0.470. The Morgan fingerprint density at radius 1 is 1.05 bits per heavy atom. The molecule has 1 aromatic carbocycles. The maximum absolute atomic E-state index is 4.11. The molecule has 1 saturated carbocycles. The fourth-order valence-electron chi connectivity index (χ4n) is 2.37. The van der Waals surface area contributed by atoms with Crippen LogP contribution in [-0.2, 0) is 0 Å². The van der Waals surface area contributed by atoms with Gasteiger partial charge in [-0.25, -0.2) is 0 Å². The lowest BCUT2D eigenvalue weighted by Gasteiger charge is -2.22. The summed E-state index contributed by atoms with van der Waals surface area (Å²) >= 11 is 0. The summed E-state index contributed by atoms with van der Waals surface area (Å²) in [5.74, 6) is 0. The van der Waals surface area contributed by atoms with Crippen molar-refractivity contribution in [2.45, 2.75) is 25.8 Å². The Bertz CT molecular complexity index is 478. The van der Waals surface area contributed by atoms with Crippen molar-refractivity contribution in [1.82, 2.24) is 10.3 Å². The first-order valence-electron chi connectivity index (χ1n) is 6.95. The van der Waals surface area contributed by atoms with Crippen LogP contribution in [0.25, 0.3) is 0 Å². The molecule has 1 fully saturated rings. The maximum atomic E-state index is 4.11. The normalized spacial score (nSPS) is 17.9. The topological polar surface area (TPSA) is 24.9 Å². The summed E-state index contributed by atoms with van der Waals surface area (Å²) in [6.07, 6.45) is 6.42. The Morgan fingerprint density at radius 2 is 1.68 bits per heavy atom. The predicted molar refractivity (Wildman–Crippen MR) is 77.9 cm³/mol. The van der Waals surface area contributed by atoms with Crippen LogP contribution in [0.1, 0.15) is 36.9 Å². The highest BCUT2D eigenvalue weighted by Crippen LogP contribution is 2.44. The number of pyridine rings is 1.